The maximum Gasteiger partial charge on any atom is 0.248 e. The number of phenolic OH excluding ortho intramolecular Hbond substituents is 2. The molecule has 0 unspecified atom stereocenters. The summed E-state index contributed by atoms with van der Waals surface area (Å²) in [4.78, 5) is 18.9. The average Bonchev–Trinajstić information content (AvgIpc) is 3.03. The predicted octanol–water partition coefficient (Wildman–Crippen LogP) is 3.25. The van der Waals surface area contributed by atoms with Crippen molar-refractivity contribution >= 4 is 23.0 Å². The van der Waals surface area contributed by atoms with Crippen LogP contribution in [0.2, 0.25) is 0 Å². The highest BCUT2D eigenvalue weighted by Gasteiger charge is 2.14. The van der Waals surface area contributed by atoms with Gasteiger partial charge in [-0.1, -0.05) is 12.2 Å². The van der Waals surface area contributed by atoms with E-state index in [4.69, 9.17) is 5.73 Å². The second-order valence-electron chi connectivity index (χ2n) is 6.37. The minimum absolute atomic E-state index is 0.171. The number of hydrogen-bond donors (Lipinski definition) is 4. The molecular formula is C20H21N3O3. The van der Waals surface area contributed by atoms with Gasteiger partial charge < -0.3 is 20.9 Å². The lowest BCUT2D eigenvalue weighted by atomic mass is 9.97. The van der Waals surface area contributed by atoms with E-state index in [-0.39, 0.29) is 11.5 Å². The molecule has 0 saturated carbocycles. The quantitative estimate of drug-likeness (QED) is 0.540. The Labute approximate surface area is 151 Å². The van der Waals surface area contributed by atoms with E-state index in [0.717, 1.165) is 16.9 Å². The first-order valence-electron chi connectivity index (χ1n) is 8.26. The van der Waals surface area contributed by atoms with Crippen LogP contribution in [-0.4, -0.2) is 26.1 Å². The van der Waals surface area contributed by atoms with Crippen LogP contribution in [0.1, 0.15) is 38.4 Å². The number of benzene rings is 2. The Kier molecular flexibility index (Phi) is 4.42. The second-order valence-corrected chi connectivity index (χ2v) is 6.37. The first-order valence-corrected chi connectivity index (χ1v) is 8.26. The number of H-pyrrole nitrogens is 1. The molecule has 26 heavy (non-hydrogen) atoms. The van der Waals surface area contributed by atoms with Gasteiger partial charge in [0.2, 0.25) is 5.91 Å². The summed E-state index contributed by atoms with van der Waals surface area (Å²) < 4.78 is 0. The maximum absolute atomic E-state index is 11.3. The van der Waals surface area contributed by atoms with E-state index in [2.05, 4.69) is 9.97 Å². The Morgan fingerprint density at radius 1 is 1.15 bits per heavy atom. The summed E-state index contributed by atoms with van der Waals surface area (Å²) in [5, 5.41) is 20.5. The lowest BCUT2D eigenvalue weighted by molar-refractivity contribution is 0.100. The molecule has 0 aliphatic heterocycles. The van der Waals surface area contributed by atoms with Crippen LogP contribution in [0.4, 0.5) is 0 Å². The molecular weight excluding hydrogens is 330 g/mol. The summed E-state index contributed by atoms with van der Waals surface area (Å²) in [6, 6.07) is 5.07. The number of carbonyl (C=O) groups is 1. The number of aromatic hydroxyl groups is 2. The van der Waals surface area contributed by atoms with Gasteiger partial charge >= 0.3 is 0 Å². The molecule has 1 heterocycles. The third-order valence-corrected chi connectivity index (χ3v) is 4.70. The summed E-state index contributed by atoms with van der Waals surface area (Å²) in [7, 11) is 0. The fourth-order valence-corrected chi connectivity index (χ4v) is 2.95. The van der Waals surface area contributed by atoms with Crippen LogP contribution >= 0.6 is 0 Å². The predicted molar refractivity (Wildman–Crippen MR) is 101 cm³/mol. The van der Waals surface area contributed by atoms with E-state index in [0.29, 0.717) is 34.2 Å². The molecule has 0 atom stereocenters. The standard InChI is InChI=1S/C20H21N3O3/c1-10-11(2)19(25)14(12(3)18(10)24)5-4-6-17-22-15-8-7-13(20(21)26)9-16(15)23-17/h4-5,7-9,24-25H,6H2,1-3H3,(H2,21,26)(H,22,23)/b5-4+. The summed E-state index contributed by atoms with van der Waals surface area (Å²) >= 11 is 0. The number of allylic oxidation sites excluding steroid dienone is 1. The maximum atomic E-state index is 11.3. The normalized spacial score (nSPS) is 11.5. The van der Waals surface area contributed by atoms with Crippen molar-refractivity contribution in [2.45, 2.75) is 27.2 Å². The van der Waals surface area contributed by atoms with E-state index in [1.165, 1.54) is 0 Å². The third kappa shape index (κ3) is 3.01. The Bertz CT molecular complexity index is 1020. The van der Waals surface area contributed by atoms with Gasteiger partial charge in [-0.2, -0.15) is 0 Å². The number of nitrogens with zero attached hydrogens (tertiary/aromatic N) is 1. The van der Waals surface area contributed by atoms with Crippen molar-refractivity contribution in [2.24, 2.45) is 5.73 Å². The summed E-state index contributed by atoms with van der Waals surface area (Å²) in [6.45, 7) is 5.32. The number of fused-ring (bicyclic) bond motifs is 1. The van der Waals surface area contributed by atoms with Gasteiger partial charge in [0, 0.05) is 23.1 Å². The van der Waals surface area contributed by atoms with Crippen LogP contribution in [0.25, 0.3) is 17.1 Å². The number of aromatic nitrogens is 2. The molecule has 0 fully saturated rings. The lowest BCUT2D eigenvalue weighted by Crippen LogP contribution is -2.10. The van der Waals surface area contributed by atoms with Gasteiger partial charge in [-0.15, -0.1) is 0 Å². The molecule has 0 aliphatic carbocycles. The van der Waals surface area contributed by atoms with Crippen LogP contribution in [0.15, 0.2) is 24.3 Å². The molecule has 1 aromatic heterocycles. The Balaban J connectivity index is 1.87. The average molecular weight is 351 g/mol. The summed E-state index contributed by atoms with van der Waals surface area (Å²) in [5.41, 5.74) is 9.79. The van der Waals surface area contributed by atoms with Gasteiger partial charge in [0.25, 0.3) is 0 Å². The number of amides is 1. The third-order valence-electron chi connectivity index (χ3n) is 4.70. The highest BCUT2D eigenvalue weighted by molar-refractivity contribution is 5.96. The van der Waals surface area contributed by atoms with Gasteiger partial charge in [0.1, 0.15) is 17.3 Å². The number of nitrogens with one attached hydrogen (secondary N) is 1. The number of rotatable bonds is 4. The fraction of sp³-hybridized carbons (Fsp3) is 0.200. The van der Waals surface area contributed by atoms with E-state index >= 15 is 0 Å². The molecule has 2 aromatic carbocycles. The first kappa shape index (κ1) is 17.5. The molecule has 5 N–H and O–H groups in total. The molecule has 0 saturated heterocycles. The van der Waals surface area contributed by atoms with Gasteiger partial charge in [-0.25, -0.2) is 4.98 Å². The minimum Gasteiger partial charge on any atom is -0.507 e. The molecule has 3 aromatic rings. The first-order chi connectivity index (χ1) is 12.3. The van der Waals surface area contributed by atoms with Gasteiger partial charge in [-0.05, 0) is 50.1 Å². The van der Waals surface area contributed by atoms with Crippen LogP contribution in [0.5, 0.6) is 11.5 Å². The Morgan fingerprint density at radius 3 is 2.54 bits per heavy atom. The number of imidazole rings is 1. The molecule has 6 heteroatoms. The van der Waals surface area contributed by atoms with Crippen LogP contribution in [-0.2, 0) is 6.42 Å². The Morgan fingerprint density at radius 2 is 1.85 bits per heavy atom. The second kappa shape index (κ2) is 6.55. The largest absolute Gasteiger partial charge is 0.507 e. The summed E-state index contributed by atoms with van der Waals surface area (Å²) in [6.07, 6.45) is 4.15. The molecule has 3 rings (SSSR count). The van der Waals surface area contributed by atoms with Crippen molar-refractivity contribution in [3.63, 3.8) is 0 Å². The number of carbonyl (C=O) groups excluding carboxylic acids is 1. The van der Waals surface area contributed by atoms with Gasteiger partial charge in [0.05, 0.1) is 11.0 Å². The van der Waals surface area contributed by atoms with Crippen molar-refractivity contribution in [1.82, 2.24) is 9.97 Å². The number of primary amides is 1. The SMILES string of the molecule is Cc1c(C)c(O)c(/C=C/Cc2nc3ccc(C(N)=O)cc3[nH]2)c(C)c1O. The fourth-order valence-electron chi connectivity index (χ4n) is 2.95. The van der Waals surface area contributed by atoms with E-state index in [9.17, 15) is 15.0 Å². The zero-order valence-corrected chi connectivity index (χ0v) is 14.9. The van der Waals surface area contributed by atoms with E-state index in [1.54, 1.807) is 45.0 Å². The molecule has 6 nitrogen and oxygen atoms in total. The molecule has 0 aliphatic rings. The van der Waals surface area contributed by atoms with Crippen LogP contribution < -0.4 is 5.73 Å². The van der Waals surface area contributed by atoms with Crippen molar-refractivity contribution in [3.05, 3.63) is 57.9 Å². The summed E-state index contributed by atoms with van der Waals surface area (Å²) in [5.74, 6) is 0.610. The zero-order chi connectivity index (χ0) is 19.0. The molecule has 0 spiro atoms. The topological polar surface area (TPSA) is 112 Å². The highest BCUT2D eigenvalue weighted by atomic mass is 16.3. The number of phenols is 2. The number of nitrogens with two attached hydrogens (primary N) is 1. The van der Waals surface area contributed by atoms with Crippen molar-refractivity contribution in [1.29, 1.82) is 0 Å². The zero-order valence-electron chi connectivity index (χ0n) is 14.9. The van der Waals surface area contributed by atoms with Crippen LogP contribution in [0.3, 0.4) is 0 Å². The minimum atomic E-state index is -0.483. The van der Waals surface area contributed by atoms with Crippen molar-refractivity contribution in [3.8, 4) is 11.5 Å². The van der Waals surface area contributed by atoms with E-state index < -0.39 is 5.91 Å². The van der Waals surface area contributed by atoms with Gasteiger partial charge in [-0.3, -0.25) is 4.79 Å². The molecule has 0 bridgehead atoms. The van der Waals surface area contributed by atoms with Crippen molar-refractivity contribution in [2.75, 3.05) is 0 Å². The molecule has 0 radical (unpaired) electrons. The van der Waals surface area contributed by atoms with Crippen molar-refractivity contribution < 1.29 is 15.0 Å². The number of hydrogen-bond acceptors (Lipinski definition) is 4. The van der Waals surface area contributed by atoms with Gasteiger partial charge in [0.15, 0.2) is 0 Å². The smallest absolute Gasteiger partial charge is 0.248 e. The van der Waals surface area contributed by atoms with E-state index in [1.807, 2.05) is 6.08 Å². The monoisotopic (exact) mass is 351 g/mol. The molecule has 134 valence electrons. The highest BCUT2D eigenvalue weighted by Crippen LogP contribution is 2.36. The lowest BCUT2D eigenvalue weighted by Gasteiger charge is -2.13. The van der Waals surface area contributed by atoms with Crippen LogP contribution in [0, 0.1) is 20.8 Å². The Hall–Kier alpha value is -3.28. The number of aromatic amines is 1. The molecule has 1 amide bonds.